The Bertz CT molecular complexity index is 461. The SMILES string of the molecule is S=C([S-])N(Cc1ccccc1)Cc1ccccc1.[Ag+]. The van der Waals surface area contributed by atoms with E-state index in [1.807, 2.05) is 41.3 Å². The van der Waals surface area contributed by atoms with Crippen LogP contribution in [0.4, 0.5) is 0 Å². The summed E-state index contributed by atoms with van der Waals surface area (Å²) in [4.78, 5) is 2.04. The molecule has 0 N–H and O–H groups in total. The van der Waals surface area contributed by atoms with E-state index in [9.17, 15) is 0 Å². The maximum atomic E-state index is 5.16. The summed E-state index contributed by atoms with van der Waals surface area (Å²) in [6.45, 7) is 1.52. The molecule has 2 aromatic rings. The zero-order chi connectivity index (χ0) is 12.8. The minimum absolute atomic E-state index is 0. The number of hydrogen-bond donors (Lipinski definition) is 0. The van der Waals surface area contributed by atoms with Crippen LogP contribution in [-0.4, -0.2) is 9.22 Å². The van der Waals surface area contributed by atoms with Crippen molar-refractivity contribution in [3.8, 4) is 0 Å². The van der Waals surface area contributed by atoms with Gasteiger partial charge in [-0.05, 0) is 11.1 Å². The van der Waals surface area contributed by atoms with Gasteiger partial charge < -0.3 is 29.7 Å². The molecule has 0 heterocycles. The van der Waals surface area contributed by atoms with Crippen LogP contribution in [0.1, 0.15) is 11.1 Å². The third kappa shape index (κ3) is 5.43. The number of rotatable bonds is 4. The van der Waals surface area contributed by atoms with Crippen molar-refractivity contribution in [2.24, 2.45) is 0 Å². The predicted octanol–water partition coefficient (Wildman–Crippen LogP) is 3.52. The molecular weight excluding hydrogens is 366 g/mol. The molecule has 0 aromatic heterocycles. The first-order chi connectivity index (χ1) is 8.75. The number of benzene rings is 2. The van der Waals surface area contributed by atoms with Crippen molar-refractivity contribution < 1.29 is 22.4 Å². The van der Waals surface area contributed by atoms with Crippen LogP contribution in [-0.2, 0) is 48.1 Å². The van der Waals surface area contributed by atoms with E-state index in [1.54, 1.807) is 0 Å². The fraction of sp³-hybridized carbons (Fsp3) is 0.133. The van der Waals surface area contributed by atoms with Gasteiger partial charge >= 0.3 is 22.4 Å². The first kappa shape index (κ1) is 16.3. The molecule has 0 saturated heterocycles. The summed E-state index contributed by atoms with van der Waals surface area (Å²) in [6.07, 6.45) is 0. The standard InChI is InChI=1S/C15H15NS2.Ag/c17-15(18)16(11-13-7-3-1-4-8-13)12-14-9-5-2-6-10-14;/h1-10H,11-12H2,(H,17,18);/q;+1/p-1. The molecule has 0 aliphatic heterocycles. The van der Waals surface area contributed by atoms with Gasteiger partial charge in [-0.1, -0.05) is 65.0 Å². The fourth-order valence-electron chi connectivity index (χ4n) is 1.79. The molecule has 0 radical (unpaired) electrons. The fourth-order valence-corrected chi connectivity index (χ4v) is 2.05. The van der Waals surface area contributed by atoms with Crippen molar-refractivity contribution in [1.29, 1.82) is 0 Å². The molecule has 0 atom stereocenters. The van der Waals surface area contributed by atoms with Gasteiger partial charge in [0.1, 0.15) is 0 Å². The van der Waals surface area contributed by atoms with E-state index in [4.69, 9.17) is 24.8 Å². The second-order valence-electron chi connectivity index (χ2n) is 4.09. The normalized spacial score (nSPS) is 9.47. The quantitative estimate of drug-likeness (QED) is 0.454. The number of thiocarbonyl (C=S) groups is 1. The molecule has 0 fully saturated rings. The van der Waals surface area contributed by atoms with E-state index >= 15 is 0 Å². The Hall–Kier alpha value is -0.710. The molecule has 0 amide bonds. The van der Waals surface area contributed by atoms with Crippen molar-refractivity contribution in [3.05, 3.63) is 71.8 Å². The second-order valence-corrected chi connectivity index (χ2v) is 5.12. The molecule has 0 bridgehead atoms. The summed E-state index contributed by atoms with van der Waals surface area (Å²) in [6, 6.07) is 20.5. The Kier molecular flexibility index (Phi) is 7.28. The monoisotopic (exact) mass is 379 g/mol. The molecule has 2 rings (SSSR count). The summed E-state index contributed by atoms with van der Waals surface area (Å²) in [5, 5.41) is 0. The number of nitrogens with zero attached hydrogens (tertiary/aromatic N) is 1. The van der Waals surface area contributed by atoms with Gasteiger partial charge in [-0.15, -0.1) is 0 Å². The number of hydrogen-bond acceptors (Lipinski definition) is 2. The Labute approximate surface area is 140 Å². The van der Waals surface area contributed by atoms with Crippen molar-refractivity contribution in [2.45, 2.75) is 13.1 Å². The van der Waals surface area contributed by atoms with E-state index in [2.05, 4.69) is 24.3 Å². The van der Waals surface area contributed by atoms with Crippen LogP contribution in [0, 0.1) is 0 Å². The minimum Gasteiger partial charge on any atom is -0.411 e. The van der Waals surface area contributed by atoms with Crippen LogP contribution in [0.3, 0.4) is 0 Å². The minimum atomic E-state index is 0. The van der Waals surface area contributed by atoms with Gasteiger partial charge in [0.2, 0.25) is 0 Å². The molecule has 4 heteroatoms. The predicted molar refractivity (Wildman–Crippen MR) is 82.1 cm³/mol. The largest absolute Gasteiger partial charge is 1.00 e. The van der Waals surface area contributed by atoms with Gasteiger partial charge in [0, 0.05) is 13.1 Å². The molecule has 0 unspecified atom stereocenters. The topological polar surface area (TPSA) is 3.24 Å². The third-order valence-corrected chi connectivity index (χ3v) is 3.21. The van der Waals surface area contributed by atoms with Crippen LogP contribution in [0.15, 0.2) is 60.7 Å². The van der Waals surface area contributed by atoms with Crippen molar-refractivity contribution in [3.63, 3.8) is 0 Å². The molecule has 1 nitrogen and oxygen atoms in total. The Balaban J connectivity index is 0.00000180. The summed E-state index contributed by atoms with van der Waals surface area (Å²) in [5.41, 5.74) is 2.45. The van der Waals surface area contributed by atoms with Gasteiger partial charge in [0.25, 0.3) is 0 Å². The van der Waals surface area contributed by atoms with Crippen LogP contribution in [0.5, 0.6) is 0 Å². The summed E-state index contributed by atoms with van der Waals surface area (Å²) < 4.78 is 0.516. The molecule has 0 saturated carbocycles. The Morgan fingerprint density at radius 3 is 1.53 bits per heavy atom. The van der Waals surface area contributed by atoms with Crippen molar-refractivity contribution >= 4 is 29.2 Å². The molecule has 2 aromatic carbocycles. The van der Waals surface area contributed by atoms with Crippen molar-refractivity contribution in [1.82, 2.24) is 4.90 Å². The van der Waals surface area contributed by atoms with E-state index in [0.29, 0.717) is 4.32 Å². The average Bonchev–Trinajstić information content (AvgIpc) is 2.40. The van der Waals surface area contributed by atoms with E-state index in [-0.39, 0.29) is 22.4 Å². The van der Waals surface area contributed by atoms with E-state index in [0.717, 1.165) is 13.1 Å². The average molecular weight is 380 g/mol. The zero-order valence-corrected chi connectivity index (χ0v) is 13.4. The van der Waals surface area contributed by atoms with Crippen LogP contribution in [0.25, 0.3) is 0 Å². The Morgan fingerprint density at radius 1 is 0.842 bits per heavy atom. The van der Waals surface area contributed by atoms with E-state index < -0.39 is 0 Å². The van der Waals surface area contributed by atoms with Crippen LogP contribution in [0.2, 0.25) is 0 Å². The molecule has 19 heavy (non-hydrogen) atoms. The van der Waals surface area contributed by atoms with Gasteiger partial charge in [-0.3, -0.25) is 0 Å². The first-order valence-electron chi connectivity index (χ1n) is 5.79. The Morgan fingerprint density at radius 2 is 1.21 bits per heavy atom. The zero-order valence-electron chi connectivity index (χ0n) is 10.3. The van der Waals surface area contributed by atoms with Crippen LogP contribution >= 0.6 is 12.2 Å². The van der Waals surface area contributed by atoms with Gasteiger partial charge in [0.15, 0.2) is 0 Å². The molecule has 0 spiro atoms. The summed E-state index contributed by atoms with van der Waals surface area (Å²) in [7, 11) is 0. The van der Waals surface area contributed by atoms with Crippen LogP contribution < -0.4 is 0 Å². The summed E-state index contributed by atoms with van der Waals surface area (Å²) in [5.74, 6) is 0. The third-order valence-electron chi connectivity index (χ3n) is 2.69. The summed E-state index contributed by atoms with van der Waals surface area (Å²) >= 11 is 10.3. The second kappa shape index (κ2) is 8.46. The maximum Gasteiger partial charge on any atom is 1.00 e. The molecule has 0 aliphatic rings. The molecule has 0 aliphatic carbocycles. The maximum absolute atomic E-state index is 5.16. The van der Waals surface area contributed by atoms with Gasteiger partial charge in [-0.2, -0.15) is 0 Å². The molecular formula is C15H14AgNS2. The van der Waals surface area contributed by atoms with Gasteiger partial charge in [-0.25, -0.2) is 0 Å². The first-order valence-corrected chi connectivity index (χ1v) is 6.61. The smallest absolute Gasteiger partial charge is 0.411 e. The van der Waals surface area contributed by atoms with E-state index in [1.165, 1.54) is 11.1 Å². The molecule has 102 valence electrons. The van der Waals surface area contributed by atoms with Gasteiger partial charge in [0.05, 0.1) is 0 Å². The van der Waals surface area contributed by atoms with Crippen molar-refractivity contribution in [2.75, 3.05) is 0 Å².